The Morgan fingerprint density at radius 1 is 0.963 bits per heavy atom. The molecule has 2 aromatic rings. The van der Waals surface area contributed by atoms with Crippen LogP contribution < -0.4 is 10.6 Å². The van der Waals surface area contributed by atoms with Gasteiger partial charge in [-0.15, -0.1) is 0 Å². The van der Waals surface area contributed by atoms with E-state index in [4.69, 9.17) is 0 Å². The van der Waals surface area contributed by atoms with Crippen molar-refractivity contribution >= 4 is 5.91 Å². The van der Waals surface area contributed by atoms with Crippen molar-refractivity contribution in [1.82, 2.24) is 10.6 Å². The normalized spacial score (nSPS) is 24.5. The van der Waals surface area contributed by atoms with Gasteiger partial charge in [-0.1, -0.05) is 72.8 Å². The van der Waals surface area contributed by atoms with E-state index in [1.54, 1.807) is 0 Å². The third-order valence-electron chi connectivity index (χ3n) is 5.02. The van der Waals surface area contributed by atoms with Crippen LogP contribution in [0.15, 0.2) is 72.8 Å². The second-order valence-electron chi connectivity index (χ2n) is 6.83. The molecule has 5 heteroatoms. The summed E-state index contributed by atoms with van der Waals surface area (Å²) in [7, 11) is 0. The monoisotopic (exact) mass is 366 g/mol. The number of amides is 1. The molecule has 0 fully saturated rings. The molecule has 3 rings (SSSR count). The minimum Gasteiger partial charge on any atom is -0.396 e. The lowest BCUT2D eigenvalue weighted by Gasteiger charge is -2.36. The molecule has 0 bridgehead atoms. The van der Waals surface area contributed by atoms with Gasteiger partial charge in [0.25, 0.3) is 0 Å². The number of hydrogen-bond acceptors (Lipinski definition) is 4. The third-order valence-corrected chi connectivity index (χ3v) is 5.02. The summed E-state index contributed by atoms with van der Waals surface area (Å²) in [6, 6.07) is 19.2. The van der Waals surface area contributed by atoms with E-state index in [0.29, 0.717) is 6.54 Å². The Bertz CT molecular complexity index is 749. The smallest absolute Gasteiger partial charge is 0.234 e. The third kappa shape index (κ3) is 5.04. The summed E-state index contributed by atoms with van der Waals surface area (Å²) < 4.78 is 0. The first-order chi connectivity index (χ1) is 13.2. The van der Waals surface area contributed by atoms with E-state index >= 15 is 0 Å². The van der Waals surface area contributed by atoms with E-state index in [-0.39, 0.29) is 36.9 Å². The predicted molar refractivity (Wildman–Crippen MR) is 105 cm³/mol. The van der Waals surface area contributed by atoms with Gasteiger partial charge in [0.05, 0.1) is 19.3 Å². The largest absolute Gasteiger partial charge is 0.396 e. The maximum atomic E-state index is 12.1. The number of hydrogen-bond donors (Lipinski definition) is 4. The lowest BCUT2D eigenvalue weighted by atomic mass is 9.77. The molecular weight excluding hydrogens is 340 g/mol. The summed E-state index contributed by atoms with van der Waals surface area (Å²) in [6.45, 7) is 0.448. The first-order valence-corrected chi connectivity index (χ1v) is 9.25. The zero-order valence-electron chi connectivity index (χ0n) is 15.2. The molecule has 4 N–H and O–H groups in total. The van der Waals surface area contributed by atoms with E-state index in [1.165, 1.54) is 0 Å². The van der Waals surface area contributed by atoms with Gasteiger partial charge in [-0.05, 0) is 11.1 Å². The second kappa shape index (κ2) is 9.46. The lowest BCUT2D eigenvalue weighted by Crippen LogP contribution is -2.49. The molecule has 0 aliphatic heterocycles. The van der Waals surface area contributed by atoms with Crippen molar-refractivity contribution < 1.29 is 15.0 Å². The van der Waals surface area contributed by atoms with Gasteiger partial charge in [0.2, 0.25) is 5.91 Å². The lowest BCUT2D eigenvalue weighted by molar-refractivity contribution is -0.120. The summed E-state index contributed by atoms with van der Waals surface area (Å²) in [4.78, 5) is 12.1. The standard InChI is InChI=1S/C22H26N2O3/c25-15-19-20(12-11-18(22(19)27)17-9-5-2-6-10-17)23-14-21(26)24-13-16-7-3-1-4-8-16/h1-12,18-20,22-23,25,27H,13-15H2,(H,24,26)/t18-,19+,20-,22+/m1/s1. The number of carbonyl (C=O) groups is 1. The number of carbonyl (C=O) groups excluding carboxylic acids is 1. The Balaban J connectivity index is 1.55. The van der Waals surface area contributed by atoms with Crippen LogP contribution in [0.2, 0.25) is 0 Å². The second-order valence-corrected chi connectivity index (χ2v) is 6.83. The molecule has 1 aliphatic carbocycles. The summed E-state index contributed by atoms with van der Waals surface area (Å²) in [5.74, 6) is -0.654. The first-order valence-electron chi connectivity index (χ1n) is 9.25. The van der Waals surface area contributed by atoms with Gasteiger partial charge in [0.1, 0.15) is 0 Å². The molecule has 0 heterocycles. The number of rotatable bonds is 7. The topological polar surface area (TPSA) is 81.6 Å². The molecule has 1 aliphatic rings. The van der Waals surface area contributed by atoms with Gasteiger partial charge >= 0.3 is 0 Å². The van der Waals surface area contributed by atoms with Crippen molar-refractivity contribution in [2.24, 2.45) is 5.92 Å². The average Bonchev–Trinajstić information content (AvgIpc) is 2.72. The van der Waals surface area contributed by atoms with Gasteiger partial charge in [-0.25, -0.2) is 0 Å². The van der Waals surface area contributed by atoms with E-state index in [0.717, 1.165) is 11.1 Å². The zero-order valence-corrected chi connectivity index (χ0v) is 15.2. The highest BCUT2D eigenvalue weighted by Gasteiger charge is 2.35. The summed E-state index contributed by atoms with van der Waals surface area (Å²) in [5.41, 5.74) is 2.05. The van der Waals surface area contributed by atoms with E-state index < -0.39 is 6.10 Å². The van der Waals surface area contributed by atoms with E-state index in [9.17, 15) is 15.0 Å². The van der Waals surface area contributed by atoms with Gasteiger partial charge in [0.15, 0.2) is 0 Å². The molecule has 142 valence electrons. The van der Waals surface area contributed by atoms with Crippen LogP contribution in [0.25, 0.3) is 0 Å². The van der Waals surface area contributed by atoms with Crippen LogP contribution in [0, 0.1) is 5.92 Å². The van der Waals surface area contributed by atoms with Gasteiger partial charge in [-0.2, -0.15) is 0 Å². The average molecular weight is 366 g/mol. The Labute approximate surface area is 159 Å². The number of aliphatic hydroxyl groups excluding tert-OH is 2. The highest BCUT2D eigenvalue weighted by atomic mass is 16.3. The van der Waals surface area contributed by atoms with E-state index in [2.05, 4.69) is 10.6 Å². The van der Waals surface area contributed by atoms with Crippen molar-refractivity contribution in [1.29, 1.82) is 0 Å². The SMILES string of the molecule is O=C(CN[C@@H]1C=C[C@H](c2ccccc2)[C@H](O)[C@H]1CO)NCc1ccccc1. The van der Waals surface area contributed by atoms with E-state index in [1.807, 2.05) is 72.8 Å². The molecule has 1 amide bonds. The molecule has 0 aromatic heterocycles. The van der Waals surface area contributed by atoms with Crippen LogP contribution in [0.3, 0.4) is 0 Å². The first kappa shape index (κ1) is 19.3. The van der Waals surface area contributed by atoms with Crippen LogP contribution in [0.1, 0.15) is 17.0 Å². The molecule has 27 heavy (non-hydrogen) atoms. The molecule has 0 unspecified atom stereocenters. The Kier molecular flexibility index (Phi) is 6.76. The number of nitrogens with one attached hydrogen (secondary N) is 2. The Morgan fingerprint density at radius 3 is 2.30 bits per heavy atom. The van der Waals surface area contributed by atoms with Crippen LogP contribution in [-0.2, 0) is 11.3 Å². The van der Waals surface area contributed by atoms with Gasteiger partial charge in [0, 0.05) is 24.4 Å². The summed E-state index contributed by atoms with van der Waals surface area (Å²) in [6.07, 6.45) is 3.17. The fourth-order valence-corrected chi connectivity index (χ4v) is 3.47. The minimum absolute atomic E-state index is 0.122. The van der Waals surface area contributed by atoms with Gasteiger partial charge < -0.3 is 20.8 Å². The summed E-state index contributed by atoms with van der Waals surface area (Å²) in [5, 5.41) is 26.5. The van der Waals surface area contributed by atoms with Crippen LogP contribution in [0.4, 0.5) is 0 Å². The van der Waals surface area contributed by atoms with Crippen molar-refractivity contribution in [3.63, 3.8) is 0 Å². The fraction of sp³-hybridized carbons (Fsp3) is 0.318. The van der Waals surface area contributed by atoms with Crippen molar-refractivity contribution in [2.75, 3.05) is 13.2 Å². The zero-order chi connectivity index (χ0) is 19.1. The quantitative estimate of drug-likeness (QED) is 0.561. The van der Waals surface area contributed by atoms with Crippen LogP contribution in [0.5, 0.6) is 0 Å². The number of aliphatic hydroxyl groups is 2. The number of benzene rings is 2. The van der Waals surface area contributed by atoms with Crippen molar-refractivity contribution in [2.45, 2.75) is 24.6 Å². The maximum absolute atomic E-state index is 12.1. The molecule has 0 saturated heterocycles. The van der Waals surface area contributed by atoms with Crippen LogP contribution in [-0.4, -0.2) is 41.4 Å². The van der Waals surface area contributed by atoms with Crippen molar-refractivity contribution in [3.8, 4) is 0 Å². The highest BCUT2D eigenvalue weighted by Crippen LogP contribution is 2.31. The predicted octanol–water partition coefficient (Wildman–Crippen LogP) is 1.58. The van der Waals surface area contributed by atoms with Gasteiger partial charge in [-0.3, -0.25) is 4.79 Å². The minimum atomic E-state index is -0.715. The van der Waals surface area contributed by atoms with Crippen LogP contribution >= 0.6 is 0 Å². The highest BCUT2D eigenvalue weighted by molar-refractivity contribution is 5.78. The molecule has 0 saturated carbocycles. The summed E-state index contributed by atoms with van der Waals surface area (Å²) >= 11 is 0. The van der Waals surface area contributed by atoms with Crippen molar-refractivity contribution in [3.05, 3.63) is 83.9 Å². The Morgan fingerprint density at radius 2 is 1.63 bits per heavy atom. The molecular formula is C22H26N2O3. The maximum Gasteiger partial charge on any atom is 0.234 e. The molecule has 4 atom stereocenters. The molecule has 2 aromatic carbocycles. The molecule has 5 nitrogen and oxygen atoms in total. The molecule has 0 spiro atoms. The fourth-order valence-electron chi connectivity index (χ4n) is 3.47. The Hall–Kier alpha value is -2.47. The molecule has 0 radical (unpaired) electrons.